The van der Waals surface area contributed by atoms with E-state index in [1.807, 2.05) is 30.3 Å². The minimum atomic E-state index is -2.64. The zero-order chi connectivity index (χ0) is 22.6. The van der Waals surface area contributed by atoms with Crippen molar-refractivity contribution in [3.63, 3.8) is 0 Å². The summed E-state index contributed by atoms with van der Waals surface area (Å²) in [6.07, 6.45) is 9.26. The van der Waals surface area contributed by atoms with Gasteiger partial charge in [-0.3, -0.25) is 9.79 Å². The molecule has 4 N–H and O–H groups in total. The van der Waals surface area contributed by atoms with Crippen molar-refractivity contribution in [2.24, 2.45) is 33.3 Å². The molecule has 1 heterocycles. The van der Waals surface area contributed by atoms with Crippen LogP contribution in [0, 0.1) is 11.8 Å². The number of alkyl halides is 2. The van der Waals surface area contributed by atoms with Gasteiger partial charge in [-0.15, -0.1) is 0 Å². The largest absolute Gasteiger partial charge is 0.402 e. The number of aliphatic imine (C=N–C) groups is 2. The summed E-state index contributed by atoms with van der Waals surface area (Å²) < 4.78 is 27.0. The third-order valence-electron chi connectivity index (χ3n) is 5.28. The number of amides is 1. The first-order valence-corrected chi connectivity index (χ1v) is 10.4. The Kier molecular flexibility index (Phi) is 6.83. The van der Waals surface area contributed by atoms with Gasteiger partial charge < -0.3 is 11.5 Å². The summed E-state index contributed by atoms with van der Waals surface area (Å²) in [4.78, 5) is 20.3. The Morgan fingerprint density at radius 3 is 2.45 bits per heavy atom. The van der Waals surface area contributed by atoms with Crippen LogP contribution in [0.4, 0.5) is 8.78 Å². The van der Waals surface area contributed by atoms with Crippen molar-refractivity contribution in [3.8, 4) is 0 Å². The standard InChI is InChI=1S/C24H28F2N4O/c1-3-4-5-18(30-22(23(28)31)10-15(2)27)11-16-6-8-17(9-7-16)12-19-13-20-21(14-29-19)24(20,25)26/h5-10,13-14,20-21H,3-4,11-12,27H2,1-2H3,(H2,28,31)/b15-10+,18-5+,30-22+. The van der Waals surface area contributed by atoms with Crippen molar-refractivity contribution < 1.29 is 13.6 Å². The second-order valence-electron chi connectivity index (χ2n) is 8.07. The fraction of sp³-hybridized carbons (Fsp3) is 0.375. The number of fused-ring (bicyclic) bond motifs is 1. The fourth-order valence-electron chi connectivity index (χ4n) is 3.50. The predicted molar refractivity (Wildman–Crippen MR) is 120 cm³/mol. The van der Waals surface area contributed by atoms with Gasteiger partial charge in [0.05, 0.1) is 11.8 Å². The molecule has 2 unspecified atom stereocenters. The van der Waals surface area contributed by atoms with Crippen molar-refractivity contribution in [1.82, 2.24) is 0 Å². The van der Waals surface area contributed by atoms with Gasteiger partial charge in [0.15, 0.2) is 0 Å². The Hall–Kier alpha value is -3.09. The first kappa shape index (κ1) is 22.6. The number of hydrogen-bond acceptors (Lipinski definition) is 4. The SMILES string of the molecule is CCC/C=C(Cc1ccc(CC2=CC3C(C=N2)C3(F)F)cc1)/N=C(\C=C(/C)N)C(N)=O. The van der Waals surface area contributed by atoms with E-state index in [0.29, 0.717) is 24.2 Å². The number of unbranched alkanes of at least 4 members (excludes halogenated alkanes) is 1. The van der Waals surface area contributed by atoms with Gasteiger partial charge in [-0.1, -0.05) is 49.8 Å². The Balaban J connectivity index is 1.71. The number of halogens is 2. The lowest BCUT2D eigenvalue weighted by atomic mass is 10.0. The number of carbonyl (C=O) groups excluding carboxylic acids is 1. The molecule has 164 valence electrons. The van der Waals surface area contributed by atoms with Gasteiger partial charge in [-0.25, -0.2) is 13.8 Å². The van der Waals surface area contributed by atoms with Crippen LogP contribution in [0.2, 0.25) is 0 Å². The minimum absolute atomic E-state index is 0.122. The maximum absolute atomic E-state index is 13.5. The molecule has 1 aromatic carbocycles. The summed E-state index contributed by atoms with van der Waals surface area (Å²) in [5.41, 5.74) is 15.1. The molecule has 1 aliphatic heterocycles. The van der Waals surface area contributed by atoms with Crippen molar-refractivity contribution in [1.29, 1.82) is 0 Å². The summed E-state index contributed by atoms with van der Waals surface area (Å²) in [5, 5.41) is 0. The highest BCUT2D eigenvalue weighted by Gasteiger charge is 2.67. The fourth-order valence-corrected chi connectivity index (χ4v) is 3.50. The van der Waals surface area contributed by atoms with Crippen molar-refractivity contribution in [3.05, 3.63) is 70.7 Å². The normalized spacial score (nSPS) is 22.7. The van der Waals surface area contributed by atoms with Crippen molar-refractivity contribution in [2.45, 2.75) is 45.5 Å². The van der Waals surface area contributed by atoms with E-state index < -0.39 is 23.7 Å². The van der Waals surface area contributed by atoms with Crippen LogP contribution in [0.1, 0.15) is 37.8 Å². The molecular weight excluding hydrogens is 398 g/mol. The molecule has 0 radical (unpaired) electrons. The molecule has 5 nitrogen and oxygen atoms in total. The van der Waals surface area contributed by atoms with E-state index in [1.54, 1.807) is 13.0 Å². The quantitative estimate of drug-likeness (QED) is 0.582. The molecule has 1 aromatic rings. The van der Waals surface area contributed by atoms with Crippen LogP contribution in [0.3, 0.4) is 0 Å². The predicted octanol–water partition coefficient (Wildman–Crippen LogP) is 4.09. The average molecular weight is 427 g/mol. The lowest BCUT2D eigenvalue weighted by Gasteiger charge is -2.08. The van der Waals surface area contributed by atoms with E-state index in [4.69, 9.17) is 11.5 Å². The summed E-state index contributed by atoms with van der Waals surface area (Å²) in [6.45, 7) is 3.73. The van der Waals surface area contributed by atoms with E-state index in [9.17, 15) is 13.6 Å². The van der Waals surface area contributed by atoms with E-state index in [-0.39, 0.29) is 5.71 Å². The Bertz CT molecular complexity index is 983. The molecule has 2 aliphatic rings. The van der Waals surface area contributed by atoms with Gasteiger partial charge >= 0.3 is 0 Å². The van der Waals surface area contributed by atoms with Gasteiger partial charge in [-0.2, -0.15) is 0 Å². The molecule has 3 rings (SSSR count). The lowest BCUT2D eigenvalue weighted by Crippen LogP contribution is -2.22. The molecule has 31 heavy (non-hydrogen) atoms. The maximum Gasteiger partial charge on any atom is 0.267 e. The van der Waals surface area contributed by atoms with Crippen LogP contribution in [0.15, 0.2) is 69.6 Å². The second kappa shape index (κ2) is 9.37. The maximum atomic E-state index is 13.5. The van der Waals surface area contributed by atoms with E-state index in [0.717, 1.165) is 29.7 Å². The molecule has 2 atom stereocenters. The topological polar surface area (TPSA) is 93.8 Å². The van der Waals surface area contributed by atoms with Gasteiger partial charge in [0.25, 0.3) is 11.8 Å². The number of benzene rings is 1. The number of allylic oxidation sites excluding steroid dienone is 5. The molecule has 1 saturated carbocycles. The van der Waals surface area contributed by atoms with E-state index >= 15 is 0 Å². The van der Waals surface area contributed by atoms with Gasteiger partial charge in [0.2, 0.25) is 0 Å². The number of carbonyl (C=O) groups is 1. The molecule has 0 aromatic heterocycles. The minimum Gasteiger partial charge on any atom is -0.402 e. The number of nitrogens with two attached hydrogens (primary N) is 2. The highest BCUT2D eigenvalue weighted by molar-refractivity contribution is 6.43. The number of hydrogen-bond donors (Lipinski definition) is 2. The number of rotatable bonds is 9. The first-order chi connectivity index (χ1) is 14.7. The molecule has 0 saturated heterocycles. The lowest BCUT2D eigenvalue weighted by molar-refractivity contribution is -0.111. The second-order valence-corrected chi connectivity index (χ2v) is 8.07. The Morgan fingerprint density at radius 1 is 1.19 bits per heavy atom. The molecule has 1 aliphatic carbocycles. The highest BCUT2D eigenvalue weighted by atomic mass is 19.3. The summed E-state index contributed by atoms with van der Waals surface area (Å²) in [6, 6.07) is 7.87. The molecule has 7 heteroatoms. The third-order valence-corrected chi connectivity index (χ3v) is 5.28. The number of primary amides is 1. The third kappa shape index (κ3) is 5.75. The van der Waals surface area contributed by atoms with Crippen LogP contribution in [-0.2, 0) is 17.6 Å². The van der Waals surface area contributed by atoms with Gasteiger partial charge in [0, 0.05) is 36.1 Å². The molecule has 0 spiro atoms. The zero-order valence-corrected chi connectivity index (χ0v) is 17.8. The van der Waals surface area contributed by atoms with Crippen LogP contribution in [0.5, 0.6) is 0 Å². The summed E-state index contributed by atoms with van der Waals surface area (Å²) >= 11 is 0. The van der Waals surface area contributed by atoms with E-state index in [1.165, 1.54) is 12.3 Å². The van der Waals surface area contributed by atoms with Gasteiger partial charge in [-0.05, 0) is 30.5 Å². The van der Waals surface area contributed by atoms with E-state index in [2.05, 4.69) is 16.9 Å². The monoisotopic (exact) mass is 426 g/mol. The number of nitrogens with zero attached hydrogens (tertiary/aromatic N) is 2. The van der Waals surface area contributed by atoms with Crippen molar-refractivity contribution in [2.75, 3.05) is 0 Å². The Morgan fingerprint density at radius 2 is 1.87 bits per heavy atom. The molecule has 1 fully saturated rings. The first-order valence-electron chi connectivity index (χ1n) is 10.4. The smallest absolute Gasteiger partial charge is 0.267 e. The molecular formula is C24H28F2N4O. The van der Waals surface area contributed by atoms with Crippen LogP contribution >= 0.6 is 0 Å². The molecule has 1 amide bonds. The highest BCUT2D eigenvalue weighted by Crippen LogP contribution is 2.56. The van der Waals surface area contributed by atoms with Crippen LogP contribution in [0.25, 0.3) is 0 Å². The van der Waals surface area contributed by atoms with Gasteiger partial charge in [0.1, 0.15) is 5.71 Å². The Labute approximate surface area is 181 Å². The van der Waals surface area contributed by atoms with Crippen LogP contribution < -0.4 is 11.5 Å². The average Bonchev–Trinajstić information content (AvgIpc) is 3.26. The van der Waals surface area contributed by atoms with Crippen molar-refractivity contribution >= 4 is 17.8 Å². The zero-order valence-electron chi connectivity index (χ0n) is 17.8. The van der Waals surface area contributed by atoms with Crippen LogP contribution in [-0.4, -0.2) is 23.8 Å². The summed E-state index contributed by atoms with van der Waals surface area (Å²) in [5.74, 6) is -4.70. The molecule has 0 bridgehead atoms. The summed E-state index contributed by atoms with van der Waals surface area (Å²) in [7, 11) is 0.